The average Bonchev–Trinajstić information content (AvgIpc) is 2.13. The SMILES string of the molecule is Cc1cccc(CS(=O)(=O)N(C)CC(C)(C)C)c1. The zero-order valence-corrected chi connectivity index (χ0v) is 12.7. The summed E-state index contributed by atoms with van der Waals surface area (Å²) in [4.78, 5) is 0. The molecular weight excluding hydrogens is 246 g/mol. The zero-order chi connectivity index (χ0) is 14.0. The van der Waals surface area contributed by atoms with Gasteiger partial charge in [0, 0.05) is 13.6 Å². The Bertz CT molecular complexity index is 501. The maximum Gasteiger partial charge on any atom is 0.218 e. The van der Waals surface area contributed by atoms with Crippen LogP contribution in [0.2, 0.25) is 0 Å². The molecule has 0 saturated carbocycles. The van der Waals surface area contributed by atoms with Gasteiger partial charge in [-0.15, -0.1) is 0 Å². The Morgan fingerprint density at radius 3 is 2.33 bits per heavy atom. The van der Waals surface area contributed by atoms with E-state index in [0.717, 1.165) is 11.1 Å². The summed E-state index contributed by atoms with van der Waals surface area (Å²) in [7, 11) is -1.58. The van der Waals surface area contributed by atoms with E-state index in [-0.39, 0.29) is 11.2 Å². The first-order valence-corrected chi connectivity index (χ1v) is 7.71. The Morgan fingerprint density at radius 1 is 1.22 bits per heavy atom. The summed E-state index contributed by atoms with van der Waals surface area (Å²) in [6.45, 7) is 8.60. The van der Waals surface area contributed by atoms with Crippen LogP contribution in [0.4, 0.5) is 0 Å². The van der Waals surface area contributed by atoms with Crippen LogP contribution >= 0.6 is 0 Å². The van der Waals surface area contributed by atoms with Gasteiger partial charge in [0.15, 0.2) is 0 Å². The molecule has 1 aromatic rings. The van der Waals surface area contributed by atoms with E-state index in [1.54, 1.807) is 7.05 Å². The fourth-order valence-corrected chi connectivity index (χ4v) is 3.29. The molecule has 0 aromatic heterocycles. The third-order valence-corrected chi connectivity index (χ3v) is 4.38. The molecule has 0 aliphatic carbocycles. The summed E-state index contributed by atoms with van der Waals surface area (Å²) in [6.07, 6.45) is 0. The van der Waals surface area contributed by atoms with Crippen LogP contribution in [0.3, 0.4) is 0 Å². The number of aryl methyl sites for hydroxylation is 1. The van der Waals surface area contributed by atoms with E-state index in [1.807, 2.05) is 52.0 Å². The largest absolute Gasteiger partial charge is 0.218 e. The van der Waals surface area contributed by atoms with Gasteiger partial charge in [-0.3, -0.25) is 0 Å². The van der Waals surface area contributed by atoms with Crippen molar-refractivity contribution >= 4 is 10.0 Å². The van der Waals surface area contributed by atoms with Crippen molar-refractivity contribution in [1.82, 2.24) is 4.31 Å². The number of hydrogen-bond acceptors (Lipinski definition) is 2. The van der Waals surface area contributed by atoms with E-state index in [0.29, 0.717) is 6.54 Å². The maximum absolute atomic E-state index is 12.2. The molecule has 4 heteroatoms. The van der Waals surface area contributed by atoms with Crippen molar-refractivity contribution in [2.24, 2.45) is 5.41 Å². The Balaban J connectivity index is 2.82. The zero-order valence-electron chi connectivity index (χ0n) is 11.9. The second-order valence-corrected chi connectivity index (χ2v) is 8.14. The molecule has 0 atom stereocenters. The fourth-order valence-electron chi connectivity index (χ4n) is 1.89. The smallest absolute Gasteiger partial charge is 0.212 e. The molecule has 0 aliphatic rings. The van der Waals surface area contributed by atoms with Crippen LogP contribution in [0.5, 0.6) is 0 Å². The third kappa shape index (κ3) is 4.78. The van der Waals surface area contributed by atoms with Crippen LogP contribution in [-0.4, -0.2) is 26.3 Å². The molecule has 0 N–H and O–H groups in total. The molecule has 0 radical (unpaired) electrons. The lowest BCUT2D eigenvalue weighted by molar-refractivity contribution is 0.310. The highest BCUT2D eigenvalue weighted by Gasteiger charge is 2.23. The van der Waals surface area contributed by atoms with Crippen LogP contribution in [-0.2, 0) is 15.8 Å². The van der Waals surface area contributed by atoms with Crippen LogP contribution in [0.1, 0.15) is 31.9 Å². The summed E-state index contributed by atoms with van der Waals surface area (Å²) in [5, 5.41) is 0. The van der Waals surface area contributed by atoms with E-state index in [4.69, 9.17) is 0 Å². The first-order chi connectivity index (χ1) is 8.10. The number of sulfonamides is 1. The first-order valence-electron chi connectivity index (χ1n) is 6.10. The van der Waals surface area contributed by atoms with E-state index in [1.165, 1.54) is 4.31 Å². The van der Waals surface area contributed by atoms with E-state index < -0.39 is 10.0 Å². The number of rotatable bonds is 4. The van der Waals surface area contributed by atoms with Gasteiger partial charge in [-0.2, -0.15) is 0 Å². The monoisotopic (exact) mass is 269 g/mol. The van der Waals surface area contributed by atoms with E-state index in [2.05, 4.69) is 0 Å². The Morgan fingerprint density at radius 2 is 1.83 bits per heavy atom. The molecule has 0 saturated heterocycles. The summed E-state index contributed by atoms with van der Waals surface area (Å²) in [6, 6.07) is 7.64. The lowest BCUT2D eigenvalue weighted by Crippen LogP contribution is -2.35. The van der Waals surface area contributed by atoms with Crippen molar-refractivity contribution in [3.8, 4) is 0 Å². The van der Waals surface area contributed by atoms with Gasteiger partial charge in [0.1, 0.15) is 0 Å². The molecule has 0 bridgehead atoms. The summed E-state index contributed by atoms with van der Waals surface area (Å²) < 4.78 is 25.9. The average molecular weight is 269 g/mol. The Kier molecular flexibility index (Phi) is 4.56. The predicted octanol–water partition coefficient (Wildman–Crippen LogP) is 2.80. The molecule has 0 fully saturated rings. The topological polar surface area (TPSA) is 37.4 Å². The van der Waals surface area contributed by atoms with Crippen molar-refractivity contribution in [2.75, 3.05) is 13.6 Å². The highest BCUT2D eigenvalue weighted by Crippen LogP contribution is 2.18. The summed E-state index contributed by atoms with van der Waals surface area (Å²) >= 11 is 0. The minimum atomic E-state index is -3.23. The number of hydrogen-bond donors (Lipinski definition) is 0. The quantitative estimate of drug-likeness (QED) is 0.843. The second-order valence-electron chi connectivity index (χ2n) is 6.06. The van der Waals surface area contributed by atoms with Crippen LogP contribution in [0.15, 0.2) is 24.3 Å². The van der Waals surface area contributed by atoms with Crippen LogP contribution in [0.25, 0.3) is 0 Å². The van der Waals surface area contributed by atoms with Gasteiger partial charge in [0.25, 0.3) is 0 Å². The van der Waals surface area contributed by atoms with Crippen molar-refractivity contribution in [2.45, 2.75) is 33.4 Å². The number of benzene rings is 1. The lowest BCUT2D eigenvalue weighted by Gasteiger charge is -2.26. The molecule has 18 heavy (non-hydrogen) atoms. The minimum absolute atomic E-state index is 0.0333. The molecule has 1 aromatic carbocycles. The van der Waals surface area contributed by atoms with Crippen molar-refractivity contribution < 1.29 is 8.42 Å². The standard InChI is InChI=1S/C14H23NO2S/c1-12-7-6-8-13(9-12)10-18(16,17)15(5)11-14(2,3)4/h6-9H,10-11H2,1-5H3. The predicted molar refractivity (Wildman–Crippen MR) is 75.9 cm³/mol. The normalized spacial score (nSPS) is 13.0. The third-order valence-electron chi connectivity index (χ3n) is 2.60. The molecule has 0 heterocycles. The van der Waals surface area contributed by atoms with Crippen molar-refractivity contribution in [3.05, 3.63) is 35.4 Å². The molecule has 3 nitrogen and oxygen atoms in total. The molecule has 0 spiro atoms. The summed E-state index contributed by atoms with van der Waals surface area (Å²) in [5.74, 6) is 0.0707. The van der Waals surface area contributed by atoms with Crippen LogP contribution < -0.4 is 0 Å². The molecule has 1 rings (SSSR count). The van der Waals surface area contributed by atoms with E-state index in [9.17, 15) is 8.42 Å². The maximum atomic E-state index is 12.2. The van der Waals surface area contributed by atoms with E-state index >= 15 is 0 Å². The van der Waals surface area contributed by atoms with Gasteiger partial charge in [-0.25, -0.2) is 12.7 Å². The van der Waals surface area contributed by atoms with Crippen LogP contribution in [0, 0.1) is 12.3 Å². The first kappa shape index (κ1) is 15.2. The Hall–Kier alpha value is -0.870. The molecular formula is C14H23NO2S. The van der Waals surface area contributed by atoms with Gasteiger partial charge in [-0.05, 0) is 17.9 Å². The minimum Gasteiger partial charge on any atom is -0.212 e. The summed E-state index contributed by atoms with van der Waals surface area (Å²) in [5.41, 5.74) is 1.89. The molecule has 0 unspecified atom stereocenters. The number of nitrogens with zero attached hydrogens (tertiary/aromatic N) is 1. The highest BCUT2D eigenvalue weighted by atomic mass is 32.2. The van der Waals surface area contributed by atoms with Gasteiger partial charge in [0.2, 0.25) is 10.0 Å². The molecule has 102 valence electrons. The van der Waals surface area contributed by atoms with Crippen molar-refractivity contribution in [3.63, 3.8) is 0 Å². The lowest BCUT2D eigenvalue weighted by atomic mass is 9.97. The van der Waals surface area contributed by atoms with Gasteiger partial charge in [0.05, 0.1) is 5.75 Å². The second kappa shape index (κ2) is 5.41. The van der Waals surface area contributed by atoms with Crippen molar-refractivity contribution in [1.29, 1.82) is 0 Å². The van der Waals surface area contributed by atoms with Gasteiger partial charge < -0.3 is 0 Å². The van der Waals surface area contributed by atoms with Gasteiger partial charge in [-0.1, -0.05) is 50.6 Å². The highest BCUT2D eigenvalue weighted by molar-refractivity contribution is 7.88. The Labute approximate surface area is 111 Å². The van der Waals surface area contributed by atoms with Gasteiger partial charge >= 0.3 is 0 Å². The molecule has 0 aliphatic heterocycles. The molecule has 0 amide bonds. The fraction of sp³-hybridized carbons (Fsp3) is 0.571.